The average molecular weight is 315 g/mol. The van der Waals surface area contributed by atoms with Gasteiger partial charge in [0, 0.05) is 22.8 Å². The molecule has 0 aliphatic heterocycles. The van der Waals surface area contributed by atoms with Crippen LogP contribution in [0.3, 0.4) is 0 Å². The SMILES string of the molecule is OCCn1cc(CNCCc2ccc(Cl)cc2Cl)nn1. The van der Waals surface area contributed by atoms with Crippen molar-refractivity contribution in [2.75, 3.05) is 13.2 Å². The van der Waals surface area contributed by atoms with Gasteiger partial charge in [0.2, 0.25) is 0 Å². The van der Waals surface area contributed by atoms with Crippen LogP contribution in [0, 0.1) is 0 Å². The minimum absolute atomic E-state index is 0.0608. The Kier molecular flexibility index (Phi) is 5.79. The van der Waals surface area contributed by atoms with E-state index in [2.05, 4.69) is 15.6 Å². The average Bonchev–Trinajstić information content (AvgIpc) is 2.85. The monoisotopic (exact) mass is 314 g/mol. The summed E-state index contributed by atoms with van der Waals surface area (Å²) in [4.78, 5) is 0. The van der Waals surface area contributed by atoms with E-state index in [-0.39, 0.29) is 6.61 Å². The largest absolute Gasteiger partial charge is 0.394 e. The summed E-state index contributed by atoms with van der Waals surface area (Å²) >= 11 is 12.0. The van der Waals surface area contributed by atoms with Gasteiger partial charge in [0.15, 0.2) is 0 Å². The molecule has 0 atom stereocenters. The number of nitrogens with one attached hydrogen (secondary N) is 1. The number of rotatable bonds is 7. The molecule has 108 valence electrons. The van der Waals surface area contributed by atoms with Crippen molar-refractivity contribution < 1.29 is 5.11 Å². The molecule has 0 saturated heterocycles. The Labute approximate surface area is 127 Å². The van der Waals surface area contributed by atoms with Crippen LogP contribution in [0.2, 0.25) is 10.0 Å². The lowest BCUT2D eigenvalue weighted by Crippen LogP contribution is -2.17. The minimum atomic E-state index is 0.0608. The molecule has 1 aromatic heterocycles. The van der Waals surface area contributed by atoms with E-state index < -0.39 is 0 Å². The predicted octanol–water partition coefficient (Wildman–Crippen LogP) is 1.91. The molecular weight excluding hydrogens is 299 g/mol. The minimum Gasteiger partial charge on any atom is -0.394 e. The van der Waals surface area contributed by atoms with Crippen LogP contribution in [0.5, 0.6) is 0 Å². The van der Waals surface area contributed by atoms with Gasteiger partial charge in [-0.3, -0.25) is 0 Å². The lowest BCUT2D eigenvalue weighted by molar-refractivity contribution is 0.268. The molecule has 20 heavy (non-hydrogen) atoms. The first-order chi connectivity index (χ1) is 9.69. The maximum atomic E-state index is 8.79. The van der Waals surface area contributed by atoms with E-state index in [1.807, 2.05) is 18.3 Å². The zero-order chi connectivity index (χ0) is 14.4. The number of nitrogens with zero attached hydrogens (tertiary/aromatic N) is 3. The van der Waals surface area contributed by atoms with Crippen LogP contribution in [-0.2, 0) is 19.5 Å². The van der Waals surface area contributed by atoms with Crippen LogP contribution in [0.4, 0.5) is 0 Å². The van der Waals surface area contributed by atoms with Gasteiger partial charge in [0.1, 0.15) is 0 Å². The maximum absolute atomic E-state index is 8.79. The molecule has 0 bridgehead atoms. The Morgan fingerprint density at radius 3 is 2.90 bits per heavy atom. The lowest BCUT2D eigenvalue weighted by Gasteiger charge is -2.05. The van der Waals surface area contributed by atoms with Crippen molar-refractivity contribution in [3.05, 3.63) is 45.7 Å². The lowest BCUT2D eigenvalue weighted by atomic mass is 10.1. The second kappa shape index (κ2) is 7.59. The summed E-state index contributed by atoms with van der Waals surface area (Å²) in [6.07, 6.45) is 2.64. The summed E-state index contributed by atoms with van der Waals surface area (Å²) in [7, 11) is 0. The smallest absolute Gasteiger partial charge is 0.0964 e. The van der Waals surface area contributed by atoms with Crippen molar-refractivity contribution in [1.29, 1.82) is 0 Å². The van der Waals surface area contributed by atoms with Gasteiger partial charge in [0.05, 0.1) is 18.8 Å². The Morgan fingerprint density at radius 2 is 2.15 bits per heavy atom. The number of halogens is 2. The Morgan fingerprint density at radius 1 is 1.30 bits per heavy atom. The number of aromatic nitrogens is 3. The molecule has 2 aromatic rings. The summed E-state index contributed by atoms with van der Waals surface area (Å²) in [5.74, 6) is 0. The third kappa shape index (κ3) is 4.45. The Bertz CT molecular complexity index is 559. The summed E-state index contributed by atoms with van der Waals surface area (Å²) in [5.41, 5.74) is 1.91. The van der Waals surface area contributed by atoms with Crippen molar-refractivity contribution in [3.63, 3.8) is 0 Å². The Hall–Kier alpha value is -1.14. The molecule has 2 rings (SSSR count). The van der Waals surface area contributed by atoms with E-state index in [1.165, 1.54) is 0 Å². The van der Waals surface area contributed by atoms with Crippen molar-refractivity contribution >= 4 is 23.2 Å². The summed E-state index contributed by atoms with van der Waals surface area (Å²) < 4.78 is 1.62. The predicted molar refractivity (Wildman–Crippen MR) is 79.0 cm³/mol. The van der Waals surface area contributed by atoms with Crippen LogP contribution in [0.1, 0.15) is 11.3 Å². The van der Waals surface area contributed by atoms with E-state index in [0.717, 1.165) is 24.2 Å². The van der Waals surface area contributed by atoms with E-state index in [4.69, 9.17) is 28.3 Å². The first kappa shape index (κ1) is 15.3. The third-order valence-electron chi connectivity index (χ3n) is 2.81. The van der Waals surface area contributed by atoms with Gasteiger partial charge in [-0.05, 0) is 30.7 Å². The van der Waals surface area contributed by atoms with Gasteiger partial charge in [0.25, 0.3) is 0 Å². The second-order valence-electron chi connectivity index (χ2n) is 4.36. The zero-order valence-corrected chi connectivity index (χ0v) is 12.4. The fourth-order valence-electron chi connectivity index (χ4n) is 1.80. The molecule has 0 unspecified atom stereocenters. The fourth-order valence-corrected chi connectivity index (χ4v) is 2.30. The molecular formula is C13H16Cl2N4O. The molecule has 7 heteroatoms. The first-order valence-corrected chi connectivity index (χ1v) is 7.09. The number of hydrogen-bond donors (Lipinski definition) is 2. The highest BCUT2D eigenvalue weighted by molar-refractivity contribution is 6.35. The number of aliphatic hydroxyl groups excluding tert-OH is 1. The van der Waals surface area contributed by atoms with Gasteiger partial charge in [-0.15, -0.1) is 5.10 Å². The highest BCUT2D eigenvalue weighted by Gasteiger charge is 2.02. The summed E-state index contributed by atoms with van der Waals surface area (Å²) in [5, 5.41) is 21.3. The van der Waals surface area contributed by atoms with Crippen LogP contribution < -0.4 is 5.32 Å². The quantitative estimate of drug-likeness (QED) is 0.766. The molecule has 5 nitrogen and oxygen atoms in total. The molecule has 1 aromatic carbocycles. The molecule has 0 aliphatic carbocycles. The van der Waals surface area contributed by atoms with Crippen LogP contribution >= 0.6 is 23.2 Å². The van der Waals surface area contributed by atoms with E-state index >= 15 is 0 Å². The molecule has 0 fully saturated rings. The van der Waals surface area contributed by atoms with Crippen molar-refractivity contribution in [3.8, 4) is 0 Å². The summed E-state index contributed by atoms with van der Waals surface area (Å²) in [6, 6.07) is 5.52. The van der Waals surface area contributed by atoms with Crippen molar-refractivity contribution in [2.45, 2.75) is 19.5 Å². The maximum Gasteiger partial charge on any atom is 0.0964 e. The fraction of sp³-hybridized carbons (Fsp3) is 0.385. The third-order valence-corrected chi connectivity index (χ3v) is 3.39. The van der Waals surface area contributed by atoms with E-state index in [1.54, 1.807) is 10.7 Å². The molecule has 2 N–H and O–H groups in total. The molecule has 0 amide bonds. The first-order valence-electron chi connectivity index (χ1n) is 6.33. The number of benzene rings is 1. The van der Waals surface area contributed by atoms with Gasteiger partial charge in [-0.25, -0.2) is 4.68 Å². The molecule has 1 heterocycles. The summed E-state index contributed by atoms with van der Waals surface area (Å²) in [6.45, 7) is 1.95. The molecule has 0 saturated carbocycles. The van der Waals surface area contributed by atoms with Crippen LogP contribution in [-0.4, -0.2) is 33.3 Å². The van der Waals surface area contributed by atoms with Gasteiger partial charge in [-0.1, -0.05) is 34.5 Å². The topological polar surface area (TPSA) is 63.0 Å². The van der Waals surface area contributed by atoms with E-state index in [9.17, 15) is 0 Å². The van der Waals surface area contributed by atoms with E-state index in [0.29, 0.717) is 23.1 Å². The highest BCUT2D eigenvalue weighted by atomic mass is 35.5. The Balaban J connectivity index is 1.75. The number of aliphatic hydroxyl groups is 1. The molecule has 0 aliphatic rings. The van der Waals surface area contributed by atoms with Gasteiger partial charge >= 0.3 is 0 Å². The molecule has 0 spiro atoms. The standard InChI is InChI=1S/C13H16Cl2N4O/c14-11-2-1-10(13(15)7-11)3-4-16-8-12-9-19(5-6-20)18-17-12/h1-2,7,9,16,20H,3-6,8H2. The highest BCUT2D eigenvalue weighted by Crippen LogP contribution is 2.20. The number of hydrogen-bond acceptors (Lipinski definition) is 4. The van der Waals surface area contributed by atoms with Crippen LogP contribution in [0.25, 0.3) is 0 Å². The van der Waals surface area contributed by atoms with Crippen LogP contribution in [0.15, 0.2) is 24.4 Å². The van der Waals surface area contributed by atoms with Crippen molar-refractivity contribution in [1.82, 2.24) is 20.3 Å². The second-order valence-corrected chi connectivity index (χ2v) is 5.20. The zero-order valence-electron chi connectivity index (χ0n) is 10.9. The normalized spacial score (nSPS) is 10.9. The van der Waals surface area contributed by atoms with Crippen molar-refractivity contribution in [2.24, 2.45) is 0 Å². The molecule has 0 radical (unpaired) electrons. The van der Waals surface area contributed by atoms with Gasteiger partial charge in [-0.2, -0.15) is 0 Å². The van der Waals surface area contributed by atoms with Gasteiger partial charge < -0.3 is 10.4 Å².